The Morgan fingerprint density at radius 1 is 0.757 bits per heavy atom. The maximum atomic E-state index is 14.0. The van der Waals surface area contributed by atoms with Gasteiger partial charge in [0.2, 0.25) is 0 Å². The number of benzene rings is 3. The van der Waals surface area contributed by atoms with Crippen molar-refractivity contribution in [1.82, 2.24) is 13.9 Å². The van der Waals surface area contributed by atoms with Crippen molar-refractivity contribution >= 4 is 54.8 Å². The third-order valence-corrected chi connectivity index (χ3v) is 8.27. The number of para-hydroxylation sites is 2. The molecule has 3 heterocycles. The Hall–Kier alpha value is -4.47. The first-order valence-electron chi connectivity index (χ1n) is 11.7. The number of aromatic nitrogens is 2. The molecule has 0 unspecified atom stereocenters. The Kier molecular flexibility index (Phi) is 5.32. The SMILES string of the molecule is NCCN1C(=O)C(c2cc3ccccc3[nH]2)=C(c2cc3ccccc3n2S(=O)(=O)c2ccccc2)C1=O. The molecule has 2 aromatic heterocycles. The molecule has 1 aliphatic heterocycles. The minimum Gasteiger partial charge on any atom is -0.354 e. The number of aromatic amines is 1. The van der Waals surface area contributed by atoms with Gasteiger partial charge in [0.05, 0.1) is 32.9 Å². The van der Waals surface area contributed by atoms with Gasteiger partial charge < -0.3 is 10.7 Å². The number of imide groups is 1. The van der Waals surface area contributed by atoms with Crippen LogP contribution in [0.4, 0.5) is 0 Å². The van der Waals surface area contributed by atoms with Crippen LogP contribution < -0.4 is 5.73 Å². The Balaban J connectivity index is 1.69. The van der Waals surface area contributed by atoms with Crippen LogP contribution in [0.3, 0.4) is 0 Å². The van der Waals surface area contributed by atoms with Gasteiger partial charge in [0.25, 0.3) is 21.8 Å². The van der Waals surface area contributed by atoms with Crippen LogP contribution in [-0.4, -0.2) is 47.2 Å². The summed E-state index contributed by atoms with van der Waals surface area (Å²) in [6.45, 7) is 0.0899. The van der Waals surface area contributed by atoms with Gasteiger partial charge in [-0.25, -0.2) is 12.4 Å². The molecule has 184 valence electrons. The molecule has 0 aliphatic carbocycles. The second kappa shape index (κ2) is 8.58. The van der Waals surface area contributed by atoms with E-state index >= 15 is 0 Å². The second-order valence-corrected chi connectivity index (χ2v) is 10.5. The van der Waals surface area contributed by atoms with E-state index < -0.39 is 21.8 Å². The number of nitrogens with one attached hydrogen (secondary N) is 1. The number of carbonyl (C=O) groups is 2. The van der Waals surface area contributed by atoms with Gasteiger partial charge in [-0.15, -0.1) is 0 Å². The van der Waals surface area contributed by atoms with Gasteiger partial charge in [0, 0.05) is 29.4 Å². The molecule has 8 nitrogen and oxygen atoms in total. The summed E-state index contributed by atoms with van der Waals surface area (Å²) in [4.78, 5) is 31.8. The fourth-order valence-corrected chi connectivity index (χ4v) is 6.40. The van der Waals surface area contributed by atoms with Crippen molar-refractivity contribution < 1.29 is 18.0 Å². The molecule has 5 aromatic rings. The molecule has 9 heteroatoms. The molecule has 37 heavy (non-hydrogen) atoms. The molecule has 2 amide bonds. The van der Waals surface area contributed by atoms with E-state index in [4.69, 9.17) is 5.73 Å². The largest absolute Gasteiger partial charge is 0.354 e. The van der Waals surface area contributed by atoms with E-state index in [1.165, 1.54) is 12.1 Å². The zero-order valence-corrected chi connectivity index (χ0v) is 20.4. The number of fused-ring (bicyclic) bond motifs is 2. The number of hydrogen-bond donors (Lipinski definition) is 2. The minimum absolute atomic E-state index is 0.0105. The third-order valence-electron chi connectivity index (χ3n) is 6.52. The predicted octanol–water partition coefficient (Wildman–Crippen LogP) is 3.60. The lowest BCUT2D eigenvalue weighted by atomic mass is 10.0. The van der Waals surface area contributed by atoms with Crippen LogP contribution in [0.25, 0.3) is 33.0 Å². The van der Waals surface area contributed by atoms with Crippen LogP contribution in [0.2, 0.25) is 0 Å². The van der Waals surface area contributed by atoms with Crippen molar-refractivity contribution in [3.8, 4) is 0 Å². The number of amides is 2. The van der Waals surface area contributed by atoms with Crippen LogP contribution >= 0.6 is 0 Å². The molecule has 0 saturated carbocycles. The van der Waals surface area contributed by atoms with Gasteiger partial charge in [0.1, 0.15) is 0 Å². The fraction of sp³-hybridized carbons (Fsp3) is 0.0714. The summed E-state index contributed by atoms with van der Waals surface area (Å²) in [5.41, 5.74) is 7.60. The molecule has 0 bridgehead atoms. The first kappa shape index (κ1) is 23.0. The fourth-order valence-electron chi connectivity index (χ4n) is 4.86. The predicted molar refractivity (Wildman–Crippen MR) is 142 cm³/mol. The van der Waals surface area contributed by atoms with Crippen LogP contribution in [-0.2, 0) is 19.6 Å². The standard InChI is InChI=1S/C28H22N4O4S/c29-14-15-31-27(33)25(22-16-18-8-4-6-12-21(18)30-22)26(28(31)34)24-17-19-9-5-7-13-23(19)32(24)37(35,36)20-10-2-1-3-11-20/h1-13,16-17,30H,14-15,29H2. The second-order valence-electron chi connectivity index (χ2n) is 8.74. The van der Waals surface area contributed by atoms with Gasteiger partial charge >= 0.3 is 0 Å². The highest BCUT2D eigenvalue weighted by atomic mass is 32.2. The van der Waals surface area contributed by atoms with Gasteiger partial charge in [-0.1, -0.05) is 54.6 Å². The molecule has 3 N–H and O–H groups in total. The lowest BCUT2D eigenvalue weighted by Gasteiger charge is -2.15. The van der Waals surface area contributed by atoms with Gasteiger partial charge in [-0.05, 0) is 36.4 Å². The molecule has 6 rings (SSSR count). The number of H-pyrrole nitrogens is 1. The summed E-state index contributed by atoms with van der Waals surface area (Å²) in [5, 5.41) is 1.48. The summed E-state index contributed by atoms with van der Waals surface area (Å²) in [7, 11) is -4.13. The van der Waals surface area contributed by atoms with Gasteiger partial charge in [0.15, 0.2) is 0 Å². The van der Waals surface area contributed by atoms with E-state index in [-0.39, 0.29) is 34.8 Å². The molecular weight excluding hydrogens is 488 g/mol. The molecule has 0 saturated heterocycles. The van der Waals surface area contributed by atoms with Crippen LogP contribution in [0, 0.1) is 0 Å². The highest BCUT2D eigenvalue weighted by Crippen LogP contribution is 2.39. The van der Waals surface area contributed by atoms with Crippen molar-refractivity contribution in [2.24, 2.45) is 5.73 Å². The molecule has 1 aliphatic rings. The van der Waals surface area contributed by atoms with E-state index in [2.05, 4.69) is 4.98 Å². The number of nitrogens with zero attached hydrogens (tertiary/aromatic N) is 2. The van der Waals surface area contributed by atoms with E-state index in [9.17, 15) is 18.0 Å². The highest BCUT2D eigenvalue weighted by Gasteiger charge is 2.42. The Bertz CT molecular complexity index is 1820. The summed E-state index contributed by atoms with van der Waals surface area (Å²) in [5.74, 6) is -1.11. The van der Waals surface area contributed by atoms with E-state index in [0.29, 0.717) is 16.6 Å². The van der Waals surface area contributed by atoms with Crippen molar-refractivity contribution in [1.29, 1.82) is 0 Å². The average Bonchev–Trinajstić information content (AvgIpc) is 3.57. The maximum Gasteiger partial charge on any atom is 0.268 e. The third kappa shape index (κ3) is 3.51. The Morgan fingerprint density at radius 2 is 1.41 bits per heavy atom. The lowest BCUT2D eigenvalue weighted by molar-refractivity contribution is -0.135. The number of rotatable bonds is 6. The molecular formula is C28H22N4O4S. The Labute approximate surface area is 212 Å². The molecule has 0 atom stereocenters. The highest BCUT2D eigenvalue weighted by molar-refractivity contribution is 7.90. The summed E-state index contributed by atoms with van der Waals surface area (Å²) >= 11 is 0. The maximum absolute atomic E-state index is 14.0. The number of hydrogen-bond acceptors (Lipinski definition) is 5. The van der Waals surface area contributed by atoms with Crippen LogP contribution in [0.15, 0.2) is 95.9 Å². The van der Waals surface area contributed by atoms with Crippen LogP contribution in [0.5, 0.6) is 0 Å². The van der Waals surface area contributed by atoms with Crippen molar-refractivity contribution in [3.05, 3.63) is 102 Å². The molecule has 0 spiro atoms. The normalized spacial score (nSPS) is 14.5. The van der Waals surface area contributed by atoms with E-state index in [1.807, 2.05) is 24.3 Å². The zero-order valence-electron chi connectivity index (χ0n) is 19.6. The first-order chi connectivity index (χ1) is 17.9. The van der Waals surface area contributed by atoms with Crippen molar-refractivity contribution in [3.63, 3.8) is 0 Å². The van der Waals surface area contributed by atoms with Crippen LogP contribution in [0.1, 0.15) is 11.4 Å². The lowest BCUT2D eigenvalue weighted by Crippen LogP contribution is -2.36. The zero-order chi connectivity index (χ0) is 25.7. The van der Waals surface area contributed by atoms with E-state index in [0.717, 1.165) is 19.8 Å². The van der Waals surface area contributed by atoms with Gasteiger partial charge in [-0.3, -0.25) is 14.5 Å². The first-order valence-corrected chi connectivity index (χ1v) is 13.2. The quantitative estimate of drug-likeness (QED) is 0.339. The minimum atomic E-state index is -4.13. The smallest absolute Gasteiger partial charge is 0.268 e. The Morgan fingerprint density at radius 3 is 2.14 bits per heavy atom. The van der Waals surface area contributed by atoms with Gasteiger partial charge in [-0.2, -0.15) is 0 Å². The summed E-state index contributed by atoms with van der Waals surface area (Å²) < 4.78 is 29.1. The van der Waals surface area contributed by atoms with Crippen molar-refractivity contribution in [2.75, 3.05) is 13.1 Å². The summed E-state index contributed by atoms with van der Waals surface area (Å²) in [6.07, 6.45) is 0. The molecule has 3 aromatic carbocycles. The molecule has 0 radical (unpaired) electrons. The number of nitrogens with two attached hydrogens (primary N) is 1. The number of carbonyl (C=O) groups excluding carboxylic acids is 2. The monoisotopic (exact) mass is 510 g/mol. The van der Waals surface area contributed by atoms with E-state index in [1.54, 1.807) is 54.6 Å². The summed E-state index contributed by atoms with van der Waals surface area (Å²) in [6, 6.07) is 25.9. The topological polar surface area (TPSA) is 118 Å². The average molecular weight is 511 g/mol. The van der Waals surface area contributed by atoms with Crippen molar-refractivity contribution in [2.45, 2.75) is 4.90 Å². The molecule has 0 fully saturated rings.